The van der Waals surface area contributed by atoms with Crippen molar-refractivity contribution in [1.82, 2.24) is 9.80 Å². The number of nitrogens with zero attached hydrogens (tertiary/aromatic N) is 2. The Balaban J connectivity index is 2.09. The largest absolute Gasteiger partial charge is 0.508 e. The van der Waals surface area contributed by atoms with Crippen LogP contribution in [-0.2, 0) is 4.79 Å². The van der Waals surface area contributed by atoms with Crippen LogP contribution in [0.1, 0.15) is 17.3 Å². The molecule has 0 spiro atoms. The summed E-state index contributed by atoms with van der Waals surface area (Å²) in [5, 5.41) is 9.42. The van der Waals surface area contributed by atoms with Crippen LogP contribution in [0.4, 0.5) is 5.69 Å². The molecule has 1 aromatic carbocycles. The van der Waals surface area contributed by atoms with E-state index < -0.39 is 0 Å². The molecule has 1 heterocycles. The molecule has 0 saturated carbocycles. The molecule has 1 aliphatic heterocycles. The number of phenols is 1. The Kier molecular flexibility index (Phi) is 3.59. The molecule has 102 valence electrons. The van der Waals surface area contributed by atoms with Crippen LogP contribution in [0.25, 0.3) is 0 Å². The Hall–Kier alpha value is -2.24. The predicted molar refractivity (Wildman–Crippen MR) is 70.7 cm³/mol. The summed E-state index contributed by atoms with van der Waals surface area (Å²) in [7, 11) is 0. The zero-order chi connectivity index (χ0) is 14.0. The number of benzene rings is 1. The number of nitrogens with two attached hydrogens (primary N) is 1. The zero-order valence-electron chi connectivity index (χ0n) is 10.8. The van der Waals surface area contributed by atoms with Gasteiger partial charge >= 0.3 is 0 Å². The molecule has 0 aliphatic carbocycles. The van der Waals surface area contributed by atoms with Gasteiger partial charge in [0.15, 0.2) is 0 Å². The first-order valence-corrected chi connectivity index (χ1v) is 6.12. The van der Waals surface area contributed by atoms with Crippen LogP contribution in [0, 0.1) is 0 Å². The van der Waals surface area contributed by atoms with E-state index in [4.69, 9.17) is 5.73 Å². The van der Waals surface area contributed by atoms with Crippen molar-refractivity contribution in [2.45, 2.75) is 6.92 Å². The van der Waals surface area contributed by atoms with Gasteiger partial charge in [0.05, 0.1) is 5.56 Å². The summed E-state index contributed by atoms with van der Waals surface area (Å²) < 4.78 is 0. The van der Waals surface area contributed by atoms with Gasteiger partial charge in [-0.25, -0.2) is 0 Å². The molecule has 0 radical (unpaired) electrons. The van der Waals surface area contributed by atoms with E-state index in [1.165, 1.54) is 25.1 Å². The van der Waals surface area contributed by atoms with Crippen LogP contribution in [0.15, 0.2) is 18.2 Å². The van der Waals surface area contributed by atoms with Crippen molar-refractivity contribution in [2.75, 3.05) is 31.9 Å². The molecule has 1 aliphatic rings. The highest BCUT2D eigenvalue weighted by Gasteiger charge is 2.24. The van der Waals surface area contributed by atoms with Crippen LogP contribution < -0.4 is 5.73 Å². The average molecular weight is 263 g/mol. The minimum Gasteiger partial charge on any atom is -0.508 e. The van der Waals surface area contributed by atoms with Crippen LogP contribution in [-0.4, -0.2) is 52.9 Å². The second-order valence-corrected chi connectivity index (χ2v) is 4.57. The third-order valence-electron chi connectivity index (χ3n) is 3.28. The summed E-state index contributed by atoms with van der Waals surface area (Å²) in [4.78, 5) is 26.8. The van der Waals surface area contributed by atoms with Gasteiger partial charge in [-0.15, -0.1) is 0 Å². The number of nitrogen functional groups attached to an aromatic ring is 1. The maximum Gasteiger partial charge on any atom is 0.256 e. The van der Waals surface area contributed by atoms with E-state index >= 15 is 0 Å². The molecule has 6 nitrogen and oxygen atoms in total. The Morgan fingerprint density at radius 3 is 2.32 bits per heavy atom. The SMILES string of the molecule is CC(=O)N1CCN(C(=O)c2cc(O)ccc2N)CC1. The highest BCUT2D eigenvalue weighted by atomic mass is 16.3. The number of hydrogen-bond donors (Lipinski definition) is 2. The molecule has 19 heavy (non-hydrogen) atoms. The summed E-state index contributed by atoms with van der Waals surface area (Å²) in [5.74, 6) is -0.180. The van der Waals surface area contributed by atoms with Gasteiger partial charge in [-0.3, -0.25) is 9.59 Å². The molecule has 2 rings (SSSR count). The van der Waals surface area contributed by atoms with Gasteiger partial charge in [0.2, 0.25) is 5.91 Å². The average Bonchev–Trinajstić information content (AvgIpc) is 2.41. The van der Waals surface area contributed by atoms with E-state index in [1.54, 1.807) is 9.80 Å². The number of aromatic hydroxyl groups is 1. The number of hydrogen-bond acceptors (Lipinski definition) is 4. The second-order valence-electron chi connectivity index (χ2n) is 4.57. The quantitative estimate of drug-likeness (QED) is 0.563. The molecule has 0 unspecified atom stereocenters. The number of piperazine rings is 1. The van der Waals surface area contributed by atoms with E-state index in [2.05, 4.69) is 0 Å². The lowest BCUT2D eigenvalue weighted by molar-refractivity contribution is -0.130. The van der Waals surface area contributed by atoms with Crippen LogP contribution in [0.3, 0.4) is 0 Å². The van der Waals surface area contributed by atoms with Crippen molar-refractivity contribution < 1.29 is 14.7 Å². The third-order valence-corrected chi connectivity index (χ3v) is 3.28. The Bertz CT molecular complexity index is 508. The van der Waals surface area contributed by atoms with E-state index in [0.29, 0.717) is 37.4 Å². The molecule has 2 amide bonds. The molecule has 0 bridgehead atoms. The van der Waals surface area contributed by atoms with Gasteiger partial charge in [-0.2, -0.15) is 0 Å². The topological polar surface area (TPSA) is 86.9 Å². The number of amides is 2. The predicted octanol–water partition coefficient (Wildman–Crippen LogP) is 0.279. The number of carbonyl (C=O) groups is 2. The number of carbonyl (C=O) groups excluding carboxylic acids is 2. The fraction of sp³-hybridized carbons (Fsp3) is 0.385. The minimum absolute atomic E-state index is 0.0138. The van der Waals surface area contributed by atoms with E-state index in [-0.39, 0.29) is 17.6 Å². The third kappa shape index (κ3) is 2.78. The van der Waals surface area contributed by atoms with Crippen LogP contribution >= 0.6 is 0 Å². The maximum absolute atomic E-state index is 12.3. The summed E-state index contributed by atoms with van der Waals surface area (Å²) in [6.45, 7) is 3.53. The fourth-order valence-electron chi connectivity index (χ4n) is 2.12. The summed E-state index contributed by atoms with van der Waals surface area (Å²) in [6.07, 6.45) is 0. The highest BCUT2D eigenvalue weighted by molar-refractivity contribution is 5.99. The van der Waals surface area contributed by atoms with E-state index in [0.717, 1.165) is 0 Å². The summed E-state index contributed by atoms with van der Waals surface area (Å²) in [6, 6.07) is 4.32. The van der Waals surface area contributed by atoms with Crippen LogP contribution in [0.2, 0.25) is 0 Å². The van der Waals surface area contributed by atoms with Gasteiger partial charge in [0.1, 0.15) is 5.75 Å². The van der Waals surface area contributed by atoms with Crippen molar-refractivity contribution in [3.63, 3.8) is 0 Å². The van der Waals surface area contributed by atoms with Gasteiger partial charge in [-0.1, -0.05) is 0 Å². The molecular weight excluding hydrogens is 246 g/mol. The van der Waals surface area contributed by atoms with Crippen molar-refractivity contribution in [1.29, 1.82) is 0 Å². The molecule has 0 atom stereocenters. The molecule has 1 saturated heterocycles. The monoisotopic (exact) mass is 263 g/mol. The first kappa shape index (κ1) is 13.2. The standard InChI is InChI=1S/C13H17N3O3/c1-9(17)15-4-6-16(7-5-15)13(19)11-8-10(18)2-3-12(11)14/h2-3,8,18H,4-7,14H2,1H3. The first-order valence-electron chi connectivity index (χ1n) is 6.12. The molecule has 1 fully saturated rings. The van der Waals surface area contributed by atoms with Gasteiger partial charge in [0.25, 0.3) is 5.91 Å². The Morgan fingerprint density at radius 1 is 1.16 bits per heavy atom. The lowest BCUT2D eigenvalue weighted by atomic mass is 10.1. The maximum atomic E-state index is 12.3. The Labute approximate surface area is 111 Å². The van der Waals surface area contributed by atoms with Crippen molar-refractivity contribution >= 4 is 17.5 Å². The highest BCUT2D eigenvalue weighted by Crippen LogP contribution is 2.20. The van der Waals surface area contributed by atoms with Gasteiger partial charge < -0.3 is 20.6 Å². The fourth-order valence-corrected chi connectivity index (χ4v) is 2.12. The smallest absolute Gasteiger partial charge is 0.256 e. The Morgan fingerprint density at radius 2 is 1.74 bits per heavy atom. The summed E-state index contributed by atoms with van der Waals surface area (Å²) in [5.41, 5.74) is 6.40. The van der Waals surface area contributed by atoms with E-state index in [9.17, 15) is 14.7 Å². The second kappa shape index (κ2) is 5.17. The first-order chi connectivity index (χ1) is 8.99. The van der Waals surface area contributed by atoms with Crippen molar-refractivity contribution in [3.8, 4) is 5.75 Å². The molecular formula is C13H17N3O3. The lowest BCUT2D eigenvalue weighted by Gasteiger charge is -2.34. The summed E-state index contributed by atoms with van der Waals surface area (Å²) >= 11 is 0. The molecule has 0 aromatic heterocycles. The number of phenolic OH excluding ortho intramolecular Hbond substituents is 1. The zero-order valence-corrected chi connectivity index (χ0v) is 10.8. The number of rotatable bonds is 1. The van der Waals surface area contributed by atoms with E-state index in [1.807, 2.05) is 0 Å². The van der Waals surface area contributed by atoms with Gasteiger partial charge in [-0.05, 0) is 18.2 Å². The number of anilines is 1. The lowest BCUT2D eigenvalue weighted by Crippen LogP contribution is -2.50. The molecule has 6 heteroatoms. The molecule has 3 N–H and O–H groups in total. The minimum atomic E-state index is -0.211. The van der Waals surface area contributed by atoms with Crippen molar-refractivity contribution in [2.24, 2.45) is 0 Å². The van der Waals surface area contributed by atoms with Crippen LogP contribution in [0.5, 0.6) is 5.75 Å². The van der Waals surface area contributed by atoms with Crippen molar-refractivity contribution in [3.05, 3.63) is 23.8 Å². The molecule has 1 aromatic rings. The van der Waals surface area contributed by atoms with Gasteiger partial charge in [0, 0.05) is 38.8 Å². The normalized spacial score (nSPS) is 15.4.